The highest BCUT2D eigenvalue weighted by atomic mass is 16.5. The summed E-state index contributed by atoms with van der Waals surface area (Å²) in [6.45, 7) is 10.00. The van der Waals surface area contributed by atoms with Crippen molar-refractivity contribution in [3.05, 3.63) is 24.0 Å². The molecule has 0 aliphatic rings. The lowest BCUT2D eigenvalue weighted by molar-refractivity contribution is 0.195. The number of rotatable bonds is 8. The minimum Gasteiger partial charge on any atom is -0.489 e. The molecule has 2 atom stereocenters. The highest BCUT2D eigenvalue weighted by Gasteiger charge is 2.15. The second kappa shape index (κ2) is 8.12. The van der Waals surface area contributed by atoms with E-state index in [2.05, 4.69) is 30.2 Å². The first-order valence-electron chi connectivity index (χ1n) is 6.88. The van der Waals surface area contributed by atoms with Crippen molar-refractivity contribution >= 4 is 0 Å². The van der Waals surface area contributed by atoms with Crippen LogP contribution < -0.4 is 10.1 Å². The fourth-order valence-electron chi connectivity index (χ4n) is 1.88. The zero-order chi connectivity index (χ0) is 14.3. The highest BCUT2D eigenvalue weighted by molar-refractivity contribution is 5.27. The molecule has 0 radical (unpaired) electrons. The van der Waals surface area contributed by atoms with E-state index in [1.165, 1.54) is 5.56 Å². The summed E-state index contributed by atoms with van der Waals surface area (Å²) in [5, 5.41) is 3.45. The Morgan fingerprint density at radius 3 is 2.58 bits per heavy atom. The highest BCUT2D eigenvalue weighted by Crippen LogP contribution is 2.22. The molecule has 0 aliphatic carbocycles. The topological polar surface area (TPSA) is 43.4 Å². The first-order chi connectivity index (χ1) is 9.04. The maximum atomic E-state index is 5.68. The number of hydrogen-bond donors (Lipinski definition) is 1. The van der Waals surface area contributed by atoms with Gasteiger partial charge in [-0.05, 0) is 38.3 Å². The Bertz CT molecular complexity index is 369. The predicted octanol–water partition coefficient (Wildman–Crippen LogP) is 2.60. The van der Waals surface area contributed by atoms with Crippen LogP contribution in [0.1, 0.15) is 39.2 Å². The van der Waals surface area contributed by atoms with E-state index in [4.69, 9.17) is 9.47 Å². The number of nitrogens with one attached hydrogen (secondary N) is 1. The molecule has 0 saturated heterocycles. The van der Waals surface area contributed by atoms with Gasteiger partial charge < -0.3 is 14.8 Å². The Hall–Kier alpha value is -1.13. The third kappa shape index (κ3) is 5.57. The number of ether oxygens (including phenoxy) is 2. The Labute approximate surface area is 116 Å². The molecule has 1 heterocycles. The van der Waals surface area contributed by atoms with Crippen molar-refractivity contribution in [1.29, 1.82) is 0 Å². The first-order valence-corrected chi connectivity index (χ1v) is 6.88. The quantitative estimate of drug-likeness (QED) is 0.735. The number of nitrogens with zero attached hydrogens (tertiary/aromatic N) is 1. The van der Waals surface area contributed by atoms with Crippen LogP contribution in [0, 0.1) is 0 Å². The maximum absolute atomic E-state index is 5.68. The number of methoxy groups -OCH3 is 1. The fraction of sp³-hybridized carbons (Fsp3) is 0.667. The summed E-state index contributed by atoms with van der Waals surface area (Å²) in [5.41, 5.74) is 1.19. The van der Waals surface area contributed by atoms with Gasteiger partial charge in [-0.2, -0.15) is 0 Å². The van der Waals surface area contributed by atoms with Crippen molar-refractivity contribution in [2.24, 2.45) is 0 Å². The predicted molar refractivity (Wildman–Crippen MR) is 77.8 cm³/mol. The number of hydrogen-bond acceptors (Lipinski definition) is 4. The summed E-state index contributed by atoms with van der Waals surface area (Å²) in [5.74, 6) is 1.21. The molecule has 1 N–H and O–H groups in total. The third-order valence-corrected chi connectivity index (χ3v) is 3.15. The second-order valence-corrected chi connectivity index (χ2v) is 5.14. The van der Waals surface area contributed by atoms with Crippen LogP contribution in [-0.2, 0) is 4.74 Å². The molecule has 0 spiro atoms. The standard InChI is InChI=1S/C15H26N2O2/c1-11(2)19-15-8-14(9-16-10-15)12(3)13(4)17-6-7-18-5/h8-13,17H,6-7H2,1-5H3. The van der Waals surface area contributed by atoms with Gasteiger partial charge in [-0.15, -0.1) is 0 Å². The number of pyridine rings is 1. The molecule has 0 aromatic carbocycles. The largest absolute Gasteiger partial charge is 0.489 e. The monoisotopic (exact) mass is 266 g/mol. The molecular formula is C15H26N2O2. The minimum atomic E-state index is 0.171. The van der Waals surface area contributed by atoms with Crippen LogP contribution >= 0.6 is 0 Å². The lowest BCUT2D eigenvalue weighted by Gasteiger charge is -2.22. The summed E-state index contributed by atoms with van der Waals surface area (Å²) in [6, 6.07) is 2.44. The molecule has 0 saturated carbocycles. The molecule has 1 rings (SSSR count). The van der Waals surface area contributed by atoms with E-state index in [9.17, 15) is 0 Å². The van der Waals surface area contributed by atoms with Crippen molar-refractivity contribution in [3.8, 4) is 5.75 Å². The van der Waals surface area contributed by atoms with Crippen LogP contribution in [-0.4, -0.2) is 37.4 Å². The van der Waals surface area contributed by atoms with Gasteiger partial charge in [0.05, 0.1) is 18.9 Å². The van der Waals surface area contributed by atoms with Crippen LogP contribution in [0.5, 0.6) is 5.75 Å². The molecule has 0 amide bonds. The number of aromatic nitrogens is 1. The molecular weight excluding hydrogens is 240 g/mol. The Morgan fingerprint density at radius 1 is 1.21 bits per heavy atom. The molecule has 1 aromatic heterocycles. The van der Waals surface area contributed by atoms with E-state index in [0.29, 0.717) is 12.0 Å². The van der Waals surface area contributed by atoms with Crippen LogP contribution in [0.15, 0.2) is 18.5 Å². The van der Waals surface area contributed by atoms with Crippen LogP contribution in [0.2, 0.25) is 0 Å². The molecule has 0 fully saturated rings. The smallest absolute Gasteiger partial charge is 0.138 e. The molecule has 2 unspecified atom stereocenters. The molecule has 4 heteroatoms. The van der Waals surface area contributed by atoms with Crippen molar-refractivity contribution in [3.63, 3.8) is 0 Å². The van der Waals surface area contributed by atoms with Gasteiger partial charge in [0.2, 0.25) is 0 Å². The molecule has 1 aromatic rings. The van der Waals surface area contributed by atoms with E-state index in [0.717, 1.165) is 18.9 Å². The Balaban J connectivity index is 2.62. The maximum Gasteiger partial charge on any atom is 0.138 e. The summed E-state index contributed by atoms with van der Waals surface area (Å²) in [4.78, 5) is 4.26. The average Bonchev–Trinajstić information content (AvgIpc) is 2.37. The van der Waals surface area contributed by atoms with Gasteiger partial charge in [0, 0.05) is 25.9 Å². The van der Waals surface area contributed by atoms with Gasteiger partial charge in [0.25, 0.3) is 0 Å². The molecule has 0 aliphatic heterocycles. The summed E-state index contributed by atoms with van der Waals surface area (Å²) < 4.78 is 10.7. The van der Waals surface area contributed by atoms with E-state index < -0.39 is 0 Å². The van der Waals surface area contributed by atoms with E-state index in [1.807, 2.05) is 20.0 Å². The zero-order valence-electron chi connectivity index (χ0n) is 12.6. The van der Waals surface area contributed by atoms with Crippen molar-refractivity contribution in [2.45, 2.75) is 45.8 Å². The molecule has 108 valence electrons. The van der Waals surface area contributed by atoms with Crippen LogP contribution in [0.4, 0.5) is 0 Å². The van der Waals surface area contributed by atoms with E-state index >= 15 is 0 Å². The van der Waals surface area contributed by atoms with Gasteiger partial charge in [0.1, 0.15) is 5.75 Å². The van der Waals surface area contributed by atoms with Gasteiger partial charge in [0.15, 0.2) is 0 Å². The van der Waals surface area contributed by atoms with Gasteiger partial charge in [-0.1, -0.05) is 6.92 Å². The van der Waals surface area contributed by atoms with Crippen LogP contribution in [0.3, 0.4) is 0 Å². The van der Waals surface area contributed by atoms with E-state index in [1.54, 1.807) is 13.3 Å². The SMILES string of the molecule is COCCNC(C)C(C)c1cncc(OC(C)C)c1. The normalized spacial score (nSPS) is 14.4. The summed E-state index contributed by atoms with van der Waals surface area (Å²) in [7, 11) is 1.71. The minimum absolute atomic E-state index is 0.171. The van der Waals surface area contributed by atoms with Gasteiger partial charge in [-0.3, -0.25) is 4.98 Å². The van der Waals surface area contributed by atoms with Gasteiger partial charge >= 0.3 is 0 Å². The van der Waals surface area contributed by atoms with Crippen LogP contribution in [0.25, 0.3) is 0 Å². The Morgan fingerprint density at radius 2 is 1.95 bits per heavy atom. The lowest BCUT2D eigenvalue weighted by Crippen LogP contribution is -2.33. The molecule has 0 bridgehead atoms. The van der Waals surface area contributed by atoms with Crippen molar-refractivity contribution in [2.75, 3.05) is 20.3 Å². The third-order valence-electron chi connectivity index (χ3n) is 3.15. The first kappa shape index (κ1) is 15.9. The Kier molecular flexibility index (Phi) is 6.81. The summed E-state index contributed by atoms with van der Waals surface area (Å²) >= 11 is 0. The molecule has 19 heavy (non-hydrogen) atoms. The van der Waals surface area contributed by atoms with Crippen molar-refractivity contribution in [1.82, 2.24) is 10.3 Å². The van der Waals surface area contributed by atoms with Gasteiger partial charge in [-0.25, -0.2) is 0 Å². The molecule has 4 nitrogen and oxygen atoms in total. The summed E-state index contributed by atoms with van der Waals surface area (Å²) in [6.07, 6.45) is 3.84. The van der Waals surface area contributed by atoms with Crippen molar-refractivity contribution < 1.29 is 9.47 Å². The second-order valence-electron chi connectivity index (χ2n) is 5.14. The fourth-order valence-corrected chi connectivity index (χ4v) is 1.88. The average molecular weight is 266 g/mol. The lowest BCUT2D eigenvalue weighted by atomic mass is 9.96. The van der Waals surface area contributed by atoms with E-state index in [-0.39, 0.29) is 6.10 Å². The zero-order valence-corrected chi connectivity index (χ0v) is 12.6.